The standard InChI is InChI=1S/C7H5F3NO2S.Na/c8-7(9,10)5-1-3-6(4-2-5)14(11,12)13;/h1-4H,(H-,11,12,13);/q-1;+1. The van der Waals surface area contributed by atoms with Crippen LogP contribution in [0.3, 0.4) is 0 Å². The van der Waals surface area contributed by atoms with Gasteiger partial charge >= 0.3 is 35.7 Å². The van der Waals surface area contributed by atoms with Gasteiger partial charge in [-0.05, 0) is 24.3 Å². The molecule has 0 aliphatic carbocycles. The summed E-state index contributed by atoms with van der Waals surface area (Å²) in [4.78, 5) is -0.453. The van der Waals surface area contributed by atoms with Crippen LogP contribution in [-0.4, -0.2) is 8.42 Å². The van der Waals surface area contributed by atoms with Crippen molar-refractivity contribution in [3.05, 3.63) is 35.0 Å². The summed E-state index contributed by atoms with van der Waals surface area (Å²) in [7, 11) is -4.18. The summed E-state index contributed by atoms with van der Waals surface area (Å²) in [6.07, 6.45) is -4.50. The van der Waals surface area contributed by atoms with Crippen molar-refractivity contribution in [3.8, 4) is 0 Å². The van der Waals surface area contributed by atoms with E-state index in [4.69, 9.17) is 5.14 Å². The van der Waals surface area contributed by atoms with Crippen LogP contribution in [-0.2, 0) is 16.2 Å². The van der Waals surface area contributed by atoms with Crippen molar-refractivity contribution in [1.29, 1.82) is 0 Å². The monoisotopic (exact) mass is 247 g/mol. The Labute approximate surface area is 107 Å². The van der Waals surface area contributed by atoms with Crippen LogP contribution in [0.25, 0.3) is 5.14 Å². The molecule has 0 amide bonds. The van der Waals surface area contributed by atoms with E-state index in [1.807, 2.05) is 0 Å². The van der Waals surface area contributed by atoms with Crippen LogP contribution in [0, 0.1) is 0 Å². The van der Waals surface area contributed by atoms with E-state index in [0.29, 0.717) is 12.1 Å². The molecule has 0 aliphatic heterocycles. The van der Waals surface area contributed by atoms with Gasteiger partial charge in [0.15, 0.2) is 0 Å². The molecule has 3 nitrogen and oxygen atoms in total. The number of benzene rings is 1. The average molecular weight is 247 g/mol. The van der Waals surface area contributed by atoms with Gasteiger partial charge in [-0.15, -0.1) is 0 Å². The Morgan fingerprint density at radius 2 is 1.47 bits per heavy atom. The van der Waals surface area contributed by atoms with Crippen LogP contribution in [0.1, 0.15) is 5.56 Å². The van der Waals surface area contributed by atoms with E-state index in [1.165, 1.54) is 0 Å². The van der Waals surface area contributed by atoms with Gasteiger partial charge < -0.3 is 5.14 Å². The van der Waals surface area contributed by atoms with Crippen LogP contribution in [0.4, 0.5) is 13.2 Å². The van der Waals surface area contributed by atoms with Gasteiger partial charge in [0.05, 0.1) is 15.6 Å². The van der Waals surface area contributed by atoms with Crippen LogP contribution in [0.5, 0.6) is 0 Å². The smallest absolute Gasteiger partial charge is 0.560 e. The first-order chi connectivity index (χ1) is 6.21. The number of nitrogens with one attached hydrogen (secondary N) is 1. The average Bonchev–Trinajstić information content (AvgIpc) is 2.01. The fourth-order valence-electron chi connectivity index (χ4n) is 0.823. The molecule has 15 heavy (non-hydrogen) atoms. The number of hydrogen-bond donors (Lipinski definition) is 0. The molecule has 8 heteroatoms. The zero-order valence-electron chi connectivity index (χ0n) is 7.67. The molecule has 0 saturated heterocycles. The quantitative estimate of drug-likeness (QED) is 0.625. The summed E-state index contributed by atoms with van der Waals surface area (Å²) in [6, 6.07) is 2.76. The van der Waals surface area contributed by atoms with Gasteiger partial charge in [-0.2, -0.15) is 13.2 Å². The second-order valence-corrected chi connectivity index (χ2v) is 4.00. The zero-order valence-corrected chi connectivity index (χ0v) is 10.5. The van der Waals surface area contributed by atoms with Crippen molar-refractivity contribution in [1.82, 2.24) is 0 Å². The van der Waals surface area contributed by atoms with Crippen LogP contribution >= 0.6 is 0 Å². The van der Waals surface area contributed by atoms with Crippen LogP contribution in [0.2, 0.25) is 0 Å². The van der Waals surface area contributed by atoms with Gasteiger partial charge in [0.1, 0.15) is 0 Å². The minimum Gasteiger partial charge on any atom is -0.560 e. The Balaban J connectivity index is 0.00000196. The maximum Gasteiger partial charge on any atom is 1.00 e. The third-order valence-corrected chi connectivity index (χ3v) is 2.38. The summed E-state index contributed by atoms with van der Waals surface area (Å²) >= 11 is 0. The summed E-state index contributed by atoms with van der Waals surface area (Å²) in [5.41, 5.74) is -0.940. The Bertz CT molecular complexity index is 427. The maximum atomic E-state index is 12.0. The largest absolute Gasteiger partial charge is 1.00 e. The number of alkyl halides is 3. The predicted molar refractivity (Wildman–Crippen MR) is 43.0 cm³/mol. The van der Waals surface area contributed by atoms with Gasteiger partial charge in [0.25, 0.3) is 0 Å². The summed E-state index contributed by atoms with van der Waals surface area (Å²) in [6.45, 7) is 0. The molecule has 0 saturated carbocycles. The molecule has 0 fully saturated rings. The maximum absolute atomic E-state index is 12.0. The number of sulfonamides is 1. The molecule has 0 unspecified atom stereocenters. The van der Waals surface area contributed by atoms with E-state index in [1.54, 1.807) is 0 Å². The van der Waals surface area contributed by atoms with Gasteiger partial charge in [0.2, 0.25) is 0 Å². The van der Waals surface area contributed by atoms with Crippen molar-refractivity contribution >= 4 is 10.0 Å². The van der Waals surface area contributed by atoms with Gasteiger partial charge in [-0.3, -0.25) is 0 Å². The zero-order chi connectivity index (χ0) is 11.0. The summed E-state index contributed by atoms with van der Waals surface area (Å²) < 4.78 is 57.2. The molecule has 0 radical (unpaired) electrons. The molecule has 1 rings (SSSR count). The van der Waals surface area contributed by atoms with E-state index >= 15 is 0 Å². The van der Waals surface area contributed by atoms with Crippen molar-refractivity contribution < 1.29 is 51.1 Å². The molecule has 0 heterocycles. The van der Waals surface area contributed by atoms with E-state index in [9.17, 15) is 21.6 Å². The molecule has 78 valence electrons. The second-order valence-electron chi connectivity index (χ2n) is 2.53. The fourth-order valence-corrected chi connectivity index (χ4v) is 1.32. The van der Waals surface area contributed by atoms with Crippen molar-refractivity contribution in [2.45, 2.75) is 11.1 Å². The van der Waals surface area contributed by atoms with Crippen molar-refractivity contribution in [3.63, 3.8) is 0 Å². The Morgan fingerprint density at radius 1 is 1.07 bits per heavy atom. The second kappa shape index (κ2) is 4.84. The van der Waals surface area contributed by atoms with E-state index in [2.05, 4.69) is 0 Å². The third-order valence-electron chi connectivity index (χ3n) is 1.49. The normalized spacial score (nSPS) is 12.0. The molecule has 1 N–H and O–H groups in total. The Hall–Kier alpha value is -0.0800. The molecule has 1 aromatic carbocycles. The molecule has 0 atom stereocenters. The van der Waals surface area contributed by atoms with E-state index in [-0.39, 0.29) is 29.6 Å². The topological polar surface area (TPSA) is 57.9 Å². The first-order valence-corrected chi connectivity index (χ1v) is 4.86. The molecule has 1 aromatic rings. The molecular weight excluding hydrogens is 242 g/mol. The van der Waals surface area contributed by atoms with Crippen molar-refractivity contribution in [2.24, 2.45) is 0 Å². The number of halogens is 3. The van der Waals surface area contributed by atoms with Gasteiger partial charge in [-0.1, -0.05) is 0 Å². The molecule has 0 spiro atoms. The SMILES string of the molecule is [NH-]S(=O)(=O)c1ccc(C(F)(F)F)cc1.[Na+]. The fraction of sp³-hybridized carbons (Fsp3) is 0.143. The minimum absolute atomic E-state index is 0. The number of rotatable bonds is 1. The molecule has 0 bridgehead atoms. The van der Waals surface area contributed by atoms with Gasteiger partial charge in [-0.25, -0.2) is 8.42 Å². The Kier molecular flexibility index (Phi) is 4.81. The van der Waals surface area contributed by atoms with E-state index in [0.717, 1.165) is 12.1 Å². The molecular formula is C7H5F3NNaO2S. The first kappa shape index (κ1) is 14.9. The van der Waals surface area contributed by atoms with Gasteiger partial charge in [0, 0.05) is 4.90 Å². The van der Waals surface area contributed by atoms with E-state index < -0.39 is 26.7 Å². The first-order valence-electron chi connectivity index (χ1n) is 3.38. The predicted octanol–water partition coefficient (Wildman–Crippen LogP) is -0.550. The van der Waals surface area contributed by atoms with Crippen LogP contribution in [0.15, 0.2) is 29.2 Å². The Morgan fingerprint density at radius 3 is 1.73 bits per heavy atom. The third kappa shape index (κ3) is 4.12. The summed E-state index contributed by atoms with van der Waals surface area (Å²) in [5, 5.41) is 6.59. The molecule has 0 aliphatic rings. The minimum atomic E-state index is -4.50. The number of hydrogen-bond acceptors (Lipinski definition) is 2. The molecule has 0 aromatic heterocycles. The van der Waals surface area contributed by atoms with Crippen LogP contribution < -0.4 is 29.6 Å². The van der Waals surface area contributed by atoms with Crippen molar-refractivity contribution in [2.75, 3.05) is 0 Å². The summed E-state index contributed by atoms with van der Waals surface area (Å²) in [5.74, 6) is 0.